The van der Waals surface area contributed by atoms with E-state index in [1.165, 1.54) is 25.2 Å². The number of fused-ring (bicyclic) bond motifs is 1. The second-order valence-corrected chi connectivity index (χ2v) is 7.02. The second-order valence-electron chi connectivity index (χ2n) is 7.02. The van der Waals surface area contributed by atoms with Crippen molar-refractivity contribution in [1.82, 2.24) is 19.9 Å². The van der Waals surface area contributed by atoms with Gasteiger partial charge in [-0.05, 0) is 24.5 Å². The smallest absolute Gasteiger partial charge is 0.276 e. The molecule has 1 fully saturated rings. The first kappa shape index (κ1) is 17.6. The summed E-state index contributed by atoms with van der Waals surface area (Å²) >= 11 is 0. The number of ether oxygens (including phenoxy) is 1. The van der Waals surface area contributed by atoms with Crippen LogP contribution in [0.15, 0.2) is 29.3 Å². The Bertz CT molecular complexity index is 995. The number of aromatic amines is 2. The van der Waals surface area contributed by atoms with Crippen molar-refractivity contribution in [1.29, 1.82) is 0 Å². The molecular weight excluding hydrogens is 354 g/mol. The monoisotopic (exact) mass is 374 g/mol. The van der Waals surface area contributed by atoms with Crippen LogP contribution in [0.5, 0.6) is 5.75 Å². The lowest BCUT2D eigenvalue weighted by atomic mass is 9.98. The molecule has 2 aromatic heterocycles. The summed E-state index contributed by atoms with van der Waals surface area (Å²) in [5, 5.41) is 0. The van der Waals surface area contributed by atoms with E-state index in [1.807, 2.05) is 0 Å². The van der Waals surface area contributed by atoms with Crippen LogP contribution < -0.4 is 10.3 Å². The Kier molecular flexibility index (Phi) is 4.87. The van der Waals surface area contributed by atoms with Crippen LogP contribution in [0.1, 0.15) is 37.9 Å². The summed E-state index contributed by atoms with van der Waals surface area (Å²) in [4.78, 5) is 25.7. The van der Waals surface area contributed by atoms with Crippen LogP contribution in [0, 0.1) is 17.6 Å². The zero-order valence-electron chi connectivity index (χ0n) is 14.7. The molecule has 0 amide bonds. The highest BCUT2D eigenvalue weighted by Crippen LogP contribution is 2.31. The van der Waals surface area contributed by atoms with Gasteiger partial charge in [-0.2, -0.15) is 0 Å². The zero-order valence-corrected chi connectivity index (χ0v) is 14.7. The van der Waals surface area contributed by atoms with Crippen molar-refractivity contribution in [3.8, 4) is 5.75 Å². The van der Waals surface area contributed by atoms with Gasteiger partial charge in [0.1, 0.15) is 17.7 Å². The van der Waals surface area contributed by atoms with Crippen LogP contribution in [-0.4, -0.2) is 26.0 Å². The van der Waals surface area contributed by atoms with Crippen molar-refractivity contribution in [3.63, 3.8) is 0 Å². The molecule has 1 aliphatic carbocycles. The van der Waals surface area contributed by atoms with Crippen molar-refractivity contribution >= 4 is 11.2 Å². The number of hydrogen-bond acceptors (Lipinski definition) is 4. The first-order chi connectivity index (χ1) is 13.1. The Morgan fingerprint density at radius 2 is 2.04 bits per heavy atom. The van der Waals surface area contributed by atoms with Gasteiger partial charge in [-0.15, -0.1) is 0 Å². The Morgan fingerprint density at radius 1 is 1.22 bits per heavy atom. The molecule has 0 spiro atoms. The Morgan fingerprint density at radius 3 is 2.78 bits per heavy atom. The van der Waals surface area contributed by atoms with E-state index in [9.17, 15) is 13.6 Å². The molecule has 6 nitrogen and oxygen atoms in total. The van der Waals surface area contributed by atoms with E-state index in [1.54, 1.807) is 0 Å². The normalized spacial score (nSPS) is 16.1. The van der Waals surface area contributed by atoms with Gasteiger partial charge < -0.3 is 14.7 Å². The van der Waals surface area contributed by atoms with E-state index < -0.39 is 11.6 Å². The van der Waals surface area contributed by atoms with Gasteiger partial charge >= 0.3 is 0 Å². The van der Waals surface area contributed by atoms with Crippen molar-refractivity contribution < 1.29 is 13.5 Å². The molecule has 0 bridgehead atoms. The van der Waals surface area contributed by atoms with Crippen molar-refractivity contribution in [2.45, 2.75) is 44.6 Å². The number of rotatable bonds is 6. The van der Waals surface area contributed by atoms with Gasteiger partial charge in [-0.25, -0.2) is 18.7 Å². The SMILES string of the molecule is O=c1[nH]cnc2nc(CC(CC3CCCC3)Oc3ccc(F)c(F)c3)[nH]c12. The average molecular weight is 374 g/mol. The largest absolute Gasteiger partial charge is 0.490 e. The topological polar surface area (TPSA) is 83.7 Å². The number of nitrogens with one attached hydrogen (secondary N) is 2. The fourth-order valence-corrected chi connectivity index (χ4v) is 3.73. The average Bonchev–Trinajstić information content (AvgIpc) is 3.28. The predicted octanol–water partition coefficient (Wildman–Crippen LogP) is 3.49. The summed E-state index contributed by atoms with van der Waals surface area (Å²) in [5.41, 5.74) is 0.383. The maximum Gasteiger partial charge on any atom is 0.276 e. The molecule has 27 heavy (non-hydrogen) atoms. The van der Waals surface area contributed by atoms with Gasteiger partial charge in [0, 0.05) is 12.5 Å². The second kappa shape index (κ2) is 7.46. The third-order valence-electron chi connectivity index (χ3n) is 5.03. The minimum absolute atomic E-state index is 0.266. The highest BCUT2D eigenvalue weighted by Gasteiger charge is 2.23. The molecule has 1 atom stereocenters. The quantitative estimate of drug-likeness (QED) is 0.692. The molecular formula is C19H20F2N4O2. The van der Waals surface area contributed by atoms with Crippen LogP contribution in [-0.2, 0) is 6.42 Å². The third kappa shape index (κ3) is 3.99. The Labute approximate surface area is 154 Å². The molecule has 0 saturated heterocycles. The summed E-state index contributed by atoms with van der Waals surface area (Å²) in [6.45, 7) is 0. The van der Waals surface area contributed by atoms with Gasteiger partial charge in [-0.3, -0.25) is 4.79 Å². The zero-order chi connectivity index (χ0) is 18.8. The lowest BCUT2D eigenvalue weighted by Gasteiger charge is -2.21. The summed E-state index contributed by atoms with van der Waals surface area (Å²) in [6.07, 6.45) is 6.93. The fourth-order valence-electron chi connectivity index (χ4n) is 3.73. The predicted molar refractivity (Wildman–Crippen MR) is 95.6 cm³/mol. The molecule has 3 aromatic rings. The molecule has 1 saturated carbocycles. The maximum absolute atomic E-state index is 13.5. The van der Waals surface area contributed by atoms with Crippen molar-refractivity contribution in [3.05, 3.63) is 52.3 Å². The first-order valence-electron chi connectivity index (χ1n) is 9.12. The molecule has 2 heterocycles. The van der Waals surface area contributed by atoms with Gasteiger partial charge in [0.15, 0.2) is 22.8 Å². The van der Waals surface area contributed by atoms with E-state index in [0.717, 1.165) is 31.4 Å². The van der Waals surface area contributed by atoms with E-state index in [0.29, 0.717) is 29.3 Å². The summed E-state index contributed by atoms with van der Waals surface area (Å²) in [6, 6.07) is 3.54. The highest BCUT2D eigenvalue weighted by atomic mass is 19.2. The molecule has 142 valence electrons. The van der Waals surface area contributed by atoms with Gasteiger partial charge in [0.25, 0.3) is 5.56 Å². The van der Waals surface area contributed by atoms with Crippen molar-refractivity contribution in [2.24, 2.45) is 5.92 Å². The van der Waals surface area contributed by atoms with E-state index in [2.05, 4.69) is 19.9 Å². The standard InChI is InChI=1S/C19H20F2N4O2/c20-14-6-5-12(8-15(14)21)27-13(7-11-3-1-2-4-11)9-16-24-17-18(25-16)22-10-23-19(17)26/h5-6,8,10-11,13H,1-4,7,9H2,(H2,22,23,24,25,26). The molecule has 4 rings (SSSR count). The Balaban J connectivity index is 1.56. The first-order valence-corrected chi connectivity index (χ1v) is 9.12. The lowest BCUT2D eigenvalue weighted by Crippen LogP contribution is -2.23. The summed E-state index contributed by atoms with van der Waals surface area (Å²) in [5.74, 6) is -0.446. The van der Waals surface area contributed by atoms with E-state index in [4.69, 9.17) is 4.74 Å². The van der Waals surface area contributed by atoms with Crippen molar-refractivity contribution in [2.75, 3.05) is 0 Å². The highest BCUT2D eigenvalue weighted by molar-refractivity contribution is 5.68. The van der Waals surface area contributed by atoms with Crippen LogP contribution in [0.3, 0.4) is 0 Å². The van der Waals surface area contributed by atoms with Gasteiger partial charge in [-0.1, -0.05) is 25.7 Å². The van der Waals surface area contributed by atoms with Crippen LogP contribution >= 0.6 is 0 Å². The Hall–Kier alpha value is -2.77. The third-order valence-corrected chi connectivity index (χ3v) is 5.03. The minimum Gasteiger partial charge on any atom is -0.490 e. The number of nitrogens with zero attached hydrogens (tertiary/aromatic N) is 2. The van der Waals surface area contributed by atoms with Crippen LogP contribution in [0.25, 0.3) is 11.2 Å². The molecule has 1 aliphatic rings. The fraction of sp³-hybridized carbons (Fsp3) is 0.421. The van der Waals surface area contributed by atoms with Gasteiger partial charge in [0.2, 0.25) is 0 Å². The number of imidazole rings is 1. The summed E-state index contributed by atoms with van der Waals surface area (Å²) < 4.78 is 32.7. The van der Waals surface area contributed by atoms with E-state index in [-0.39, 0.29) is 17.4 Å². The molecule has 1 aromatic carbocycles. The maximum atomic E-state index is 13.5. The van der Waals surface area contributed by atoms with Gasteiger partial charge in [0.05, 0.1) is 6.33 Å². The number of aromatic nitrogens is 4. The minimum atomic E-state index is -0.938. The molecule has 2 N–H and O–H groups in total. The van der Waals surface area contributed by atoms with E-state index >= 15 is 0 Å². The lowest BCUT2D eigenvalue weighted by molar-refractivity contribution is 0.165. The molecule has 8 heteroatoms. The number of halogens is 2. The van der Waals surface area contributed by atoms with Crippen LogP contribution in [0.4, 0.5) is 8.78 Å². The molecule has 0 radical (unpaired) electrons. The number of H-pyrrole nitrogens is 2. The molecule has 0 aliphatic heterocycles. The number of benzene rings is 1. The molecule has 1 unspecified atom stereocenters. The number of hydrogen-bond donors (Lipinski definition) is 2. The summed E-state index contributed by atoms with van der Waals surface area (Å²) in [7, 11) is 0. The van der Waals surface area contributed by atoms with Crippen LogP contribution in [0.2, 0.25) is 0 Å².